The fourth-order valence-electron chi connectivity index (χ4n) is 4.59. The normalized spacial score (nSPS) is 25.1. The summed E-state index contributed by atoms with van der Waals surface area (Å²) in [5.41, 5.74) is 0. The van der Waals surface area contributed by atoms with Crippen LogP contribution >= 0.6 is 20.6 Å². The lowest BCUT2D eigenvalue weighted by molar-refractivity contribution is -0.140. The zero-order valence-electron chi connectivity index (χ0n) is 25.6. The van der Waals surface area contributed by atoms with Crippen LogP contribution in [0.3, 0.4) is 0 Å². The summed E-state index contributed by atoms with van der Waals surface area (Å²) in [7, 11) is -1.23. The maximum Gasteiger partial charge on any atom is 0.305 e. The quantitative estimate of drug-likeness (QED) is 0.133. The molecule has 1 saturated carbocycles. The Hall–Kier alpha value is -0.280. The number of hydrogen-bond donors (Lipinski definition) is 1. The summed E-state index contributed by atoms with van der Waals surface area (Å²) < 4.78 is 18.9. The molecule has 0 bridgehead atoms. The van der Waals surface area contributed by atoms with Crippen molar-refractivity contribution < 1.29 is 27.8 Å². The van der Waals surface area contributed by atoms with Crippen molar-refractivity contribution in [1.29, 1.82) is 0 Å². The predicted molar refractivity (Wildman–Crippen MR) is 161 cm³/mol. The average Bonchev–Trinajstić information content (AvgIpc) is 3.06. The number of hydrogen-bond acceptors (Lipinski definition) is 6. The van der Waals surface area contributed by atoms with Crippen LogP contribution < -0.4 is 0 Å². The van der Waals surface area contributed by atoms with Crippen LogP contribution in [-0.4, -0.2) is 77.3 Å². The van der Waals surface area contributed by atoms with Gasteiger partial charge in [-0.05, 0) is 62.5 Å². The number of carbonyl (C=O) groups excluding carboxylic acids is 2. The van der Waals surface area contributed by atoms with E-state index < -0.39 is 26.7 Å². The maximum atomic E-state index is 11.4. The summed E-state index contributed by atoms with van der Waals surface area (Å²) in [5, 5.41) is 10.1. The molecule has 1 rings (SSSR count). The Morgan fingerprint density at radius 3 is 1.76 bits per heavy atom. The minimum Gasteiger partial charge on any atom is -0.469 e. The van der Waals surface area contributed by atoms with Gasteiger partial charge in [0.2, 0.25) is 0 Å². The minimum atomic E-state index is -1.34. The molecule has 8 heteroatoms. The summed E-state index contributed by atoms with van der Waals surface area (Å²) in [6, 6.07) is 0. The van der Waals surface area contributed by atoms with Crippen molar-refractivity contribution in [2.75, 3.05) is 32.1 Å². The van der Waals surface area contributed by atoms with Crippen LogP contribution in [0.25, 0.3) is 0 Å². The van der Waals surface area contributed by atoms with Crippen molar-refractivity contribution >= 4 is 32.9 Å². The van der Waals surface area contributed by atoms with E-state index in [4.69, 9.17) is 13.1 Å². The van der Waals surface area contributed by atoms with Gasteiger partial charge in [0.25, 0.3) is 0 Å². The number of carbonyl (C=O) groups is 2. The molecule has 1 aliphatic carbocycles. The molecule has 0 aromatic rings. The lowest BCUT2D eigenvalue weighted by Crippen LogP contribution is -2.32. The lowest BCUT2D eigenvalue weighted by atomic mass is 9.85. The van der Waals surface area contributed by atoms with Crippen molar-refractivity contribution in [3.63, 3.8) is 0 Å². The van der Waals surface area contributed by atoms with E-state index in [9.17, 15) is 14.7 Å². The fraction of sp³-hybridized carbons (Fsp3) is 0.931. The Labute approximate surface area is 231 Å². The molecular formula is C29H58O6S2. The second-order valence-corrected chi connectivity index (χ2v) is 21.1. The molecule has 0 spiro atoms. The highest BCUT2D eigenvalue weighted by molar-refractivity contribution is 8.30. The number of aliphatic hydroxyl groups is 1. The van der Waals surface area contributed by atoms with Gasteiger partial charge >= 0.3 is 5.97 Å². The molecule has 1 aliphatic rings. The molecule has 0 aromatic carbocycles. The van der Waals surface area contributed by atoms with Gasteiger partial charge in [0, 0.05) is 22.3 Å². The van der Waals surface area contributed by atoms with E-state index in [0.29, 0.717) is 25.0 Å². The van der Waals surface area contributed by atoms with Gasteiger partial charge in [-0.3, -0.25) is 4.79 Å². The maximum absolute atomic E-state index is 11.4. The fourth-order valence-corrected chi connectivity index (χ4v) is 6.85. The summed E-state index contributed by atoms with van der Waals surface area (Å²) >= 11 is 0. The summed E-state index contributed by atoms with van der Waals surface area (Å²) in [6.07, 6.45) is 16.4. The third-order valence-corrected chi connectivity index (χ3v) is 15.9. The molecule has 0 saturated heterocycles. The number of aldehydes is 1. The van der Waals surface area contributed by atoms with Crippen LogP contribution in [0.2, 0.25) is 0 Å². The molecule has 0 radical (unpaired) electrons. The van der Waals surface area contributed by atoms with E-state index in [1.807, 2.05) is 0 Å². The highest BCUT2D eigenvalue weighted by Crippen LogP contribution is 2.61. The van der Waals surface area contributed by atoms with Crippen molar-refractivity contribution in [1.82, 2.24) is 0 Å². The lowest BCUT2D eigenvalue weighted by Gasteiger charge is -2.47. The van der Waals surface area contributed by atoms with E-state index in [1.165, 1.54) is 7.11 Å². The molecule has 1 fully saturated rings. The van der Waals surface area contributed by atoms with Crippen LogP contribution in [-0.2, 0) is 22.7 Å². The number of methoxy groups -OCH3 is 1. The third-order valence-electron chi connectivity index (χ3n) is 8.50. The molecule has 0 amide bonds. The molecule has 5 atom stereocenters. The predicted octanol–water partition coefficient (Wildman–Crippen LogP) is 6.80. The summed E-state index contributed by atoms with van der Waals surface area (Å²) in [4.78, 5) is 22.6. The minimum absolute atomic E-state index is 0.0455. The van der Waals surface area contributed by atoms with Crippen LogP contribution in [0.15, 0.2) is 0 Å². The first-order valence-corrected chi connectivity index (χ1v) is 18.6. The number of ether oxygens (including phenoxy) is 1. The van der Waals surface area contributed by atoms with E-state index in [2.05, 4.69) is 66.6 Å². The van der Waals surface area contributed by atoms with Crippen LogP contribution in [0, 0.1) is 11.8 Å². The molecule has 1 N–H and O–H groups in total. The second kappa shape index (κ2) is 14.4. The van der Waals surface area contributed by atoms with Crippen LogP contribution in [0.5, 0.6) is 0 Å². The first kappa shape index (κ1) is 34.7. The Bertz CT molecular complexity index is 710. The van der Waals surface area contributed by atoms with Gasteiger partial charge in [-0.15, -0.1) is 20.6 Å². The van der Waals surface area contributed by atoms with Gasteiger partial charge < -0.3 is 23.0 Å². The Kier molecular flexibility index (Phi) is 13.5. The summed E-state index contributed by atoms with van der Waals surface area (Å²) in [5.74, 6) is 0.405. The third kappa shape index (κ3) is 10.7. The van der Waals surface area contributed by atoms with E-state index in [1.54, 1.807) is 0 Å². The van der Waals surface area contributed by atoms with Crippen molar-refractivity contribution in [3.8, 4) is 0 Å². The van der Waals surface area contributed by atoms with Crippen molar-refractivity contribution in [2.45, 2.75) is 127 Å². The topological polar surface area (TPSA) is 82.1 Å². The Balaban J connectivity index is 3.15. The van der Waals surface area contributed by atoms with Crippen molar-refractivity contribution in [3.05, 3.63) is 0 Å². The van der Waals surface area contributed by atoms with E-state index >= 15 is 0 Å². The van der Waals surface area contributed by atoms with E-state index in [-0.39, 0.29) is 33.6 Å². The van der Waals surface area contributed by atoms with Gasteiger partial charge in [0.1, 0.15) is 12.4 Å². The summed E-state index contributed by atoms with van der Waals surface area (Å²) in [6.45, 7) is 13.5. The first-order chi connectivity index (χ1) is 16.9. The smallest absolute Gasteiger partial charge is 0.305 e. The number of esters is 1. The number of aliphatic hydroxyl groups excluding tert-OH is 1. The second-order valence-electron chi connectivity index (χ2n) is 13.3. The van der Waals surface area contributed by atoms with Gasteiger partial charge in [-0.2, -0.15) is 0 Å². The SMILES string of the molecule is COC(=O)CCCCCC[C@H]1C(OS(C)(C)C(C)(C)C)CC(OS(C)(C)C(C)(C)C)[C@@H]1CCC(O)C=O. The van der Waals surface area contributed by atoms with Crippen molar-refractivity contribution in [2.24, 2.45) is 11.8 Å². The average molecular weight is 567 g/mol. The Morgan fingerprint density at radius 1 is 0.865 bits per heavy atom. The number of unbranched alkanes of at least 4 members (excludes halogenated alkanes) is 3. The molecule has 37 heavy (non-hydrogen) atoms. The first-order valence-electron chi connectivity index (χ1n) is 13.9. The monoisotopic (exact) mass is 566 g/mol. The van der Waals surface area contributed by atoms with Gasteiger partial charge in [0.15, 0.2) is 0 Å². The van der Waals surface area contributed by atoms with Crippen LogP contribution in [0.1, 0.15) is 99.3 Å². The molecular weight excluding hydrogens is 508 g/mol. The molecule has 0 aromatic heterocycles. The largest absolute Gasteiger partial charge is 0.469 e. The molecule has 0 aliphatic heterocycles. The highest BCUT2D eigenvalue weighted by Gasteiger charge is 2.48. The van der Waals surface area contributed by atoms with Gasteiger partial charge in [0.05, 0.1) is 19.3 Å². The zero-order chi connectivity index (χ0) is 28.7. The molecule has 3 unspecified atom stereocenters. The Morgan fingerprint density at radius 2 is 1.32 bits per heavy atom. The standard InChI is InChI=1S/C29H58O6S2/c1-28(2,3)36(8,9)34-25-20-26(35-37(10,11)29(4,5)6)24(19-18-22(31)21-30)23(25)16-14-12-13-15-17-27(32)33-7/h21-26,31H,12-20H2,1-11H3/t22?,23-,24-,25?,26?/m1/s1. The molecule has 222 valence electrons. The molecule has 0 heterocycles. The van der Waals surface area contributed by atoms with E-state index in [0.717, 1.165) is 44.9 Å². The van der Waals surface area contributed by atoms with Crippen LogP contribution in [0.4, 0.5) is 0 Å². The number of rotatable bonds is 15. The molecule has 6 nitrogen and oxygen atoms in total. The zero-order valence-corrected chi connectivity index (χ0v) is 27.3. The highest BCUT2D eigenvalue weighted by atomic mass is 32.3. The van der Waals surface area contributed by atoms with Gasteiger partial charge in [-0.1, -0.05) is 60.8 Å². The van der Waals surface area contributed by atoms with Gasteiger partial charge in [-0.25, -0.2) is 0 Å².